The maximum atomic E-state index is 3.92. The zero-order chi connectivity index (χ0) is 10.2. The molecule has 2 bridgehead atoms. The smallest absolute Gasteiger partial charge is 0.0175 e. The van der Waals surface area contributed by atoms with Crippen LogP contribution in [0.5, 0.6) is 0 Å². The molecule has 0 aromatic heterocycles. The van der Waals surface area contributed by atoms with Crippen LogP contribution in [-0.4, -0.2) is 0 Å². The van der Waals surface area contributed by atoms with Crippen LogP contribution in [-0.2, 0) is 0 Å². The molecular weight excluding hydrogens is 168 g/mol. The zero-order valence-electron chi connectivity index (χ0n) is 9.09. The van der Waals surface area contributed by atoms with E-state index in [0.717, 1.165) is 0 Å². The van der Waals surface area contributed by atoms with Gasteiger partial charge in [-0.25, -0.2) is 0 Å². The second kappa shape index (κ2) is 3.27. The van der Waals surface area contributed by atoms with Gasteiger partial charge in [-0.1, -0.05) is 42.5 Å². The third-order valence-corrected chi connectivity index (χ3v) is 3.70. The van der Waals surface area contributed by atoms with Crippen LogP contribution in [0.2, 0.25) is 0 Å². The van der Waals surface area contributed by atoms with E-state index in [1.165, 1.54) is 18.4 Å². The van der Waals surface area contributed by atoms with Gasteiger partial charge in [0.2, 0.25) is 0 Å². The molecule has 0 radical (unpaired) electrons. The number of hydrogen-bond acceptors (Lipinski definition) is 0. The Morgan fingerprint density at radius 1 is 1.57 bits per heavy atom. The van der Waals surface area contributed by atoms with Crippen molar-refractivity contribution in [3.63, 3.8) is 0 Å². The monoisotopic (exact) mass is 186 g/mol. The normalized spacial score (nSPS) is 38.3. The van der Waals surface area contributed by atoms with E-state index in [1.807, 2.05) is 6.08 Å². The van der Waals surface area contributed by atoms with Gasteiger partial charge < -0.3 is 0 Å². The van der Waals surface area contributed by atoms with Gasteiger partial charge in [-0.2, -0.15) is 0 Å². The molecule has 0 saturated heterocycles. The third kappa shape index (κ3) is 1.13. The number of hydrogen-bond donors (Lipinski definition) is 0. The quantitative estimate of drug-likeness (QED) is 0.451. The SMILES string of the molecule is C=CC(=CC)C12C=CC(C1)C(=CC)C2. The molecule has 0 aromatic rings. The first kappa shape index (κ1) is 9.51. The van der Waals surface area contributed by atoms with Gasteiger partial charge in [0.25, 0.3) is 0 Å². The standard InChI is InChI=1S/C14H18/c1-4-11-9-14(13(5-2)6-3)8-7-12(11)10-14/h4-8,12H,2,9-10H2,1,3H3. The van der Waals surface area contributed by atoms with Crippen LogP contribution in [0.4, 0.5) is 0 Å². The Labute approximate surface area is 86.7 Å². The molecule has 0 heteroatoms. The van der Waals surface area contributed by atoms with Gasteiger partial charge in [0.1, 0.15) is 0 Å². The van der Waals surface area contributed by atoms with Crippen molar-refractivity contribution in [3.05, 3.63) is 48.1 Å². The van der Waals surface area contributed by atoms with Gasteiger partial charge >= 0.3 is 0 Å². The van der Waals surface area contributed by atoms with Gasteiger partial charge in [0, 0.05) is 5.41 Å². The van der Waals surface area contributed by atoms with Crippen LogP contribution in [0.1, 0.15) is 26.7 Å². The minimum absolute atomic E-state index is 0.295. The van der Waals surface area contributed by atoms with Gasteiger partial charge in [0.05, 0.1) is 0 Å². The summed E-state index contributed by atoms with van der Waals surface area (Å²) in [7, 11) is 0. The highest BCUT2D eigenvalue weighted by molar-refractivity contribution is 5.43. The fourth-order valence-corrected chi connectivity index (χ4v) is 2.95. The van der Waals surface area contributed by atoms with Crippen LogP contribution in [0.25, 0.3) is 0 Å². The molecular formula is C14H18. The summed E-state index contributed by atoms with van der Waals surface area (Å²) in [5.74, 6) is 0.704. The molecule has 0 spiro atoms. The lowest BCUT2D eigenvalue weighted by atomic mass is 9.79. The molecule has 2 aliphatic carbocycles. The summed E-state index contributed by atoms with van der Waals surface area (Å²) in [6.07, 6.45) is 13.7. The molecule has 0 heterocycles. The fraction of sp³-hybridized carbons (Fsp3) is 0.429. The Kier molecular flexibility index (Phi) is 2.22. The third-order valence-electron chi connectivity index (χ3n) is 3.70. The van der Waals surface area contributed by atoms with E-state index in [1.54, 1.807) is 5.57 Å². The molecule has 2 atom stereocenters. The molecule has 1 fully saturated rings. The molecule has 0 nitrogen and oxygen atoms in total. The lowest BCUT2D eigenvalue weighted by molar-refractivity contribution is 0.505. The van der Waals surface area contributed by atoms with Crippen molar-refractivity contribution in [2.24, 2.45) is 11.3 Å². The number of allylic oxidation sites excluding steroid dienone is 7. The van der Waals surface area contributed by atoms with Crippen molar-refractivity contribution in [1.29, 1.82) is 0 Å². The van der Waals surface area contributed by atoms with Crippen molar-refractivity contribution in [1.82, 2.24) is 0 Å². The molecule has 0 amide bonds. The van der Waals surface area contributed by atoms with Gasteiger partial charge in [0.15, 0.2) is 0 Å². The van der Waals surface area contributed by atoms with E-state index in [2.05, 4.69) is 44.7 Å². The molecule has 74 valence electrons. The average molecular weight is 186 g/mol. The summed E-state index contributed by atoms with van der Waals surface area (Å²) in [4.78, 5) is 0. The van der Waals surface area contributed by atoms with Crippen molar-refractivity contribution >= 4 is 0 Å². The molecule has 2 unspecified atom stereocenters. The second-order valence-corrected chi connectivity index (χ2v) is 4.31. The van der Waals surface area contributed by atoms with Crippen molar-refractivity contribution in [3.8, 4) is 0 Å². The Morgan fingerprint density at radius 2 is 2.36 bits per heavy atom. The summed E-state index contributed by atoms with van der Waals surface area (Å²) in [5, 5.41) is 0. The molecule has 0 N–H and O–H groups in total. The Hall–Kier alpha value is -1.04. The van der Waals surface area contributed by atoms with Gasteiger partial charge in [-0.05, 0) is 38.2 Å². The molecule has 14 heavy (non-hydrogen) atoms. The molecule has 0 aromatic carbocycles. The minimum atomic E-state index is 0.295. The van der Waals surface area contributed by atoms with Crippen molar-refractivity contribution in [2.45, 2.75) is 26.7 Å². The molecule has 0 aliphatic heterocycles. The molecule has 1 saturated carbocycles. The molecule has 2 rings (SSSR count). The topological polar surface area (TPSA) is 0 Å². The lowest BCUT2D eigenvalue weighted by Gasteiger charge is -2.25. The first-order valence-electron chi connectivity index (χ1n) is 5.39. The predicted octanol–water partition coefficient (Wildman–Crippen LogP) is 4.03. The maximum Gasteiger partial charge on any atom is 0.0175 e. The largest absolute Gasteiger partial charge is 0.0988 e. The highest BCUT2D eigenvalue weighted by atomic mass is 14.5. The van der Waals surface area contributed by atoms with Gasteiger partial charge in [-0.15, -0.1) is 0 Å². The fourth-order valence-electron chi connectivity index (χ4n) is 2.95. The van der Waals surface area contributed by atoms with Crippen LogP contribution in [0, 0.1) is 11.3 Å². The average Bonchev–Trinajstić information content (AvgIpc) is 2.77. The first-order chi connectivity index (χ1) is 6.75. The number of fused-ring (bicyclic) bond motifs is 2. The highest BCUT2D eigenvalue weighted by Gasteiger charge is 2.44. The summed E-state index contributed by atoms with van der Waals surface area (Å²) in [5.41, 5.74) is 3.30. The van der Waals surface area contributed by atoms with Crippen LogP contribution in [0.3, 0.4) is 0 Å². The zero-order valence-corrected chi connectivity index (χ0v) is 9.09. The summed E-state index contributed by atoms with van der Waals surface area (Å²) < 4.78 is 0. The van der Waals surface area contributed by atoms with Crippen LogP contribution < -0.4 is 0 Å². The van der Waals surface area contributed by atoms with Crippen molar-refractivity contribution in [2.75, 3.05) is 0 Å². The van der Waals surface area contributed by atoms with E-state index in [4.69, 9.17) is 0 Å². The van der Waals surface area contributed by atoms with Crippen LogP contribution in [0.15, 0.2) is 48.1 Å². The van der Waals surface area contributed by atoms with E-state index < -0.39 is 0 Å². The first-order valence-corrected chi connectivity index (χ1v) is 5.39. The minimum Gasteiger partial charge on any atom is -0.0988 e. The van der Waals surface area contributed by atoms with E-state index in [0.29, 0.717) is 11.3 Å². The Balaban J connectivity index is 2.38. The Bertz CT molecular complexity index is 341. The van der Waals surface area contributed by atoms with E-state index in [9.17, 15) is 0 Å². The number of rotatable bonds is 2. The summed E-state index contributed by atoms with van der Waals surface area (Å²) in [6, 6.07) is 0. The van der Waals surface area contributed by atoms with E-state index in [-0.39, 0.29) is 0 Å². The second-order valence-electron chi connectivity index (χ2n) is 4.31. The summed E-state index contributed by atoms with van der Waals surface area (Å²) >= 11 is 0. The van der Waals surface area contributed by atoms with Crippen LogP contribution >= 0.6 is 0 Å². The van der Waals surface area contributed by atoms with E-state index >= 15 is 0 Å². The predicted molar refractivity (Wildman–Crippen MR) is 62.0 cm³/mol. The van der Waals surface area contributed by atoms with Crippen molar-refractivity contribution < 1.29 is 0 Å². The van der Waals surface area contributed by atoms with Gasteiger partial charge in [-0.3, -0.25) is 0 Å². The lowest BCUT2D eigenvalue weighted by Crippen LogP contribution is -2.13. The highest BCUT2D eigenvalue weighted by Crippen LogP contribution is 2.56. The summed E-state index contributed by atoms with van der Waals surface area (Å²) in [6.45, 7) is 8.18. The Morgan fingerprint density at radius 3 is 2.86 bits per heavy atom. The molecule has 2 aliphatic rings. The maximum absolute atomic E-state index is 3.92.